The molecule has 2 aromatic rings. The van der Waals surface area contributed by atoms with Crippen molar-refractivity contribution in [3.63, 3.8) is 0 Å². The van der Waals surface area contributed by atoms with E-state index in [9.17, 15) is 24.5 Å². The number of hydrogen-bond donors (Lipinski definition) is 1. The Morgan fingerprint density at radius 1 is 1.13 bits per heavy atom. The quantitative estimate of drug-likeness (QED) is 0.322. The molecular weight excluding hydrogens is 390 g/mol. The van der Waals surface area contributed by atoms with E-state index in [0.717, 1.165) is 25.9 Å². The van der Waals surface area contributed by atoms with E-state index < -0.39 is 23.4 Å². The van der Waals surface area contributed by atoms with Crippen LogP contribution in [0, 0.1) is 10.1 Å². The number of nitro benzene ring substituents is 1. The van der Waals surface area contributed by atoms with Crippen LogP contribution in [0.5, 0.6) is 0 Å². The maximum atomic E-state index is 12.6. The molecule has 0 spiro atoms. The maximum absolute atomic E-state index is 12.6. The van der Waals surface area contributed by atoms with Crippen molar-refractivity contribution in [1.29, 1.82) is 0 Å². The van der Waals surface area contributed by atoms with Gasteiger partial charge in [0.15, 0.2) is 12.4 Å². The highest BCUT2D eigenvalue weighted by atomic mass is 16.6. The SMILES string of the molecule is CC(=O)c1cccc(NC(=O)COC(=O)c2cc([N+](=O)[O-])ccc2N2CCCC2)c1. The molecule has 0 atom stereocenters. The molecule has 0 saturated carbocycles. The summed E-state index contributed by atoms with van der Waals surface area (Å²) in [5.74, 6) is -1.54. The number of non-ortho nitro benzene ring substituents is 1. The van der Waals surface area contributed by atoms with Gasteiger partial charge in [0.1, 0.15) is 0 Å². The Bertz CT molecular complexity index is 998. The van der Waals surface area contributed by atoms with Gasteiger partial charge in [-0.3, -0.25) is 19.7 Å². The first-order valence-corrected chi connectivity index (χ1v) is 9.46. The number of ketones is 1. The molecule has 1 saturated heterocycles. The number of ether oxygens (including phenoxy) is 1. The lowest BCUT2D eigenvalue weighted by atomic mass is 10.1. The summed E-state index contributed by atoms with van der Waals surface area (Å²) in [6.45, 7) is 2.33. The van der Waals surface area contributed by atoms with Gasteiger partial charge >= 0.3 is 5.97 Å². The number of nitrogens with zero attached hydrogens (tertiary/aromatic N) is 2. The first kappa shape index (κ1) is 21.0. The monoisotopic (exact) mass is 411 g/mol. The van der Waals surface area contributed by atoms with Crippen LogP contribution in [0.15, 0.2) is 42.5 Å². The van der Waals surface area contributed by atoms with Crippen LogP contribution in [0.2, 0.25) is 0 Å². The minimum absolute atomic E-state index is 0.0532. The third kappa shape index (κ3) is 4.99. The number of esters is 1. The van der Waals surface area contributed by atoms with Crippen LogP contribution >= 0.6 is 0 Å². The summed E-state index contributed by atoms with van der Waals surface area (Å²) in [4.78, 5) is 48.7. The summed E-state index contributed by atoms with van der Waals surface area (Å²) in [5.41, 5.74) is 1.22. The van der Waals surface area contributed by atoms with E-state index in [1.165, 1.54) is 31.2 Å². The van der Waals surface area contributed by atoms with E-state index in [-0.39, 0.29) is 17.0 Å². The molecule has 156 valence electrons. The summed E-state index contributed by atoms with van der Waals surface area (Å²) in [5, 5.41) is 13.7. The van der Waals surface area contributed by atoms with Crippen LogP contribution in [0.3, 0.4) is 0 Å². The summed E-state index contributed by atoms with van der Waals surface area (Å²) in [7, 11) is 0. The highest BCUT2D eigenvalue weighted by molar-refractivity contribution is 6.00. The Hall–Kier alpha value is -3.75. The minimum atomic E-state index is -0.812. The van der Waals surface area contributed by atoms with E-state index >= 15 is 0 Å². The molecule has 3 rings (SSSR count). The second-order valence-corrected chi connectivity index (χ2v) is 6.91. The third-order valence-electron chi connectivity index (χ3n) is 4.74. The summed E-state index contributed by atoms with van der Waals surface area (Å²) in [6.07, 6.45) is 1.93. The number of carbonyl (C=O) groups excluding carboxylic acids is 3. The summed E-state index contributed by atoms with van der Waals surface area (Å²) < 4.78 is 5.11. The van der Waals surface area contributed by atoms with Crippen molar-refractivity contribution in [3.8, 4) is 0 Å². The molecule has 9 heteroatoms. The molecule has 0 radical (unpaired) electrons. The number of carbonyl (C=O) groups is 3. The number of nitrogens with one attached hydrogen (secondary N) is 1. The summed E-state index contributed by atoms with van der Waals surface area (Å²) >= 11 is 0. The van der Waals surface area contributed by atoms with E-state index in [1.807, 2.05) is 4.90 Å². The Kier molecular flexibility index (Phi) is 6.41. The molecule has 0 bridgehead atoms. The van der Waals surface area contributed by atoms with Gasteiger partial charge in [-0.05, 0) is 38.0 Å². The lowest BCUT2D eigenvalue weighted by molar-refractivity contribution is -0.384. The molecule has 1 N–H and O–H groups in total. The van der Waals surface area contributed by atoms with E-state index in [1.54, 1.807) is 18.2 Å². The van der Waals surface area contributed by atoms with Gasteiger partial charge < -0.3 is 15.0 Å². The Morgan fingerprint density at radius 3 is 2.53 bits per heavy atom. The third-order valence-corrected chi connectivity index (χ3v) is 4.74. The van der Waals surface area contributed by atoms with Crippen molar-refractivity contribution in [3.05, 3.63) is 63.7 Å². The van der Waals surface area contributed by atoms with Crippen molar-refractivity contribution in [2.24, 2.45) is 0 Å². The normalized spacial score (nSPS) is 13.0. The van der Waals surface area contributed by atoms with Gasteiger partial charge in [-0.15, -0.1) is 0 Å². The molecule has 1 aliphatic heterocycles. The van der Waals surface area contributed by atoms with Gasteiger partial charge in [0, 0.05) is 36.5 Å². The van der Waals surface area contributed by atoms with Crippen LogP contribution in [0.1, 0.15) is 40.5 Å². The Morgan fingerprint density at radius 2 is 1.87 bits per heavy atom. The maximum Gasteiger partial charge on any atom is 0.341 e. The highest BCUT2D eigenvalue weighted by Crippen LogP contribution is 2.29. The molecule has 0 aliphatic carbocycles. The fraction of sp³-hybridized carbons (Fsp3) is 0.286. The van der Waals surface area contributed by atoms with Gasteiger partial charge in [0.05, 0.1) is 16.2 Å². The molecular formula is C21H21N3O6. The summed E-state index contributed by atoms with van der Waals surface area (Å²) in [6, 6.07) is 10.4. The first-order chi connectivity index (χ1) is 14.3. The van der Waals surface area contributed by atoms with E-state index in [0.29, 0.717) is 16.9 Å². The van der Waals surface area contributed by atoms with Gasteiger partial charge in [-0.1, -0.05) is 12.1 Å². The lowest BCUT2D eigenvalue weighted by Gasteiger charge is -2.20. The number of Topliss-reactive ketones (excluding diaryl/α,β-unsaturated/α-hetero) is 1. The molecule has 1 heterocycles. The van der Waals surface area contributed by atoms with Crippen molar-refractivity contribution >= 4 is 34.7 Å². The molecule has 9 nitrogen and oxygen atoms in total. The van der Waals surface area contributed by atoms with Gasteiger partial charge in [0.2, 0.25) is 0 Å². The number of nitro groups is 1. The molecule has 1 amide bonds. The minimum Gasteiger partial charge on any atom is -0.452 e. The molecule has 0 unspecified atom stereocenters. The first-order valence-electron chi connectivity index (χ1n) is 9.46. The fourth-order valence-corrected chi connectivity index (χ4v) is 3.26. The second-order valence-electron chi connectivity index (χ2n) is 6.91. The molecule has 0 aromatic heterocycles. The zero-order chi connectivity index (χ0) is 21.7. The van der Waals surface area contributed by atoms with Crippen LogP contribution < -0.4 is 10.2 Å². The number of rotatable bonds is 7. The number of hydrogen-bond acceptors (Lipinski definition) is 7. The van der Waals surface area contributed by atoms with Gasteiger partial charge in [-0.25, -0.2) is 4.79 Å². The average Bonchev–Trinajstić information content (AvgIpc) is 3.26. The molecule has 30 heavy (non-hydrogen) atoms. The number of amides is 1. The van der Waals surface area contributed by atoms with Crippen molar-refractivity contribution in [1.82, 2.24) is 0 Å². The van der Waals surface area contributed by atoms with Crippen molar-refractivity contribution in [2.75, 3.05) is 29.9 Å². The van der Waals surface area contributed by atoms with Crippen molar-refractivity contribution < 1.29 is 24.0 Å². The molecule has 1 fully saturated rings. The van der Waals surface area contributed by atoms with Gasteiger partial charge in [0.25, 0.3) is 11.6 Å². The Balaban J connectivity index is 1.70. The highest BCUT2D eigenvalue weighted by Gasteiger charge is 2.24. The Labute approximate surface area is 172 Å². The zero-order valence-corrected chi connectivity index (χ0v) is 16.4. The van der Waals surface area contributed by atoms with Crippen LogP contribution in [0.25, 0.3) is 0 Å². The second kappa shape index (κ2) is 9.17. The smallest absolute Gasteiger partial charge is 0.341 e. The predicted molar refractivity (Wildman–Crippen MR) is 110 cm³/mol. The number of anilines is 2. The standard InChI is InChI=1S/C21H21N3O6/c1-14(25)15-5-4-6-16(11-15)22-20(26)13-30-21(27)18-12-17(24(28)29)7-8-19(18)23-9-2-3-10-23/h4-8,11-12H,2-3,9-10,13H2,1H3,(H,22,26). The van der Waals surface area contributed by atoms with Gasteiger partial charge in [-0.2, -0.15) is 0 Å². The number of benzene rings is 2. The largest absolute Gasteiger partial charge is 0.452 e. The fourth-order valence-electron chi connectivity index (χ4n) is 3.26. The topological polar surface area (TPSA) is 119 Å². The predicted octanol–water partition coefficient (Wildman–Crippen LogP) is 3.19. The lowest BCUT2D eigenvalue weighted by Crippen LogP contribution is -2.24. The van der Waals surface area contributed by atoms with E-state index in [4.69, 9.17) is 4.74 Å². The molecule has 2 aromatic carbocycles. The van der Waals surface area contributed by atoms with E-state index in [2.05, 4.69) is 5.32 Å². The molecule has 1 aliphatic rings. The van der Waals surface area contributed by atoms with Crippen LogP contribution in [-0.2, 0) is 9.53 Å². The van der Waals surface area contributed by atoms with Crippen molar-refractivity contribution in [2.45, 2.75) is 19.8 Å². The van der Waals surface area contributed by atoms with Crippen LogP contribution in [-0.4, -0.2) is 42.3 Å². The van der Waals surface area contributed by atoms with Crippen LogP contribution in [0.4, 0.5) is 17.1 Å². The zero-order valence-electron chi connectivity index (χ0n) is 16.4. The average molecular weight is 411 g/mol.